The highest BCUT2D eigenvalue weighted by molar-refractivity contribution is 6.19. The zero-order chi connectivity index (χ0) is 15.2. The molecule has 0 atom stereocenters. The summed E-state index contributed by atoms with van der Waals surface area (Å²) >= 11 is 0. The number of imide groups is 2. The van der Waals surface area contributed by atoms with Crippen molar-refractivity contribution in [1.29, 1.82) is 0 Å². The third-order valence-electron chi connectivity index (χ3n) is 3.52. The molecule has 3 N–H and O–H groups in total. The van der Waals surface area contributed by atoms with Crippen LogP contribution in [0, 0.1) is 5.41 Å². The van der Waals surface area contributed by atoms with E-state index in [1.807, 2.05) is 6.92 Å². The maximum absolute atomic E-state index is 12.1. The Morgan fingerprint density at radius 2 is 1.60 bits per heavy atom. The first-order valence-corrected chi connectivity index (χ1v) is 6.81. The number of hydrogen-bond donors (Lipinski definition) is 3. The summed E-state index contributed by atoms with van der Waals surface area (Å²) in [7, 11) is 0. The van der Waals surface area contributed by atoms with Crippen LogP contribution < -0.4 is 10.6 Å². The smallest absolute Gasteiger partial charge is 0.328 e. The van der Waals surface area contributed by atoms with Gasteiger partial charge < -0.3 is 5.11 Å². The van der Waals surface area contributed by atoms with Gasteiger partial charge >= 0.3 is 12.0 Å². The number of aliphatic carboxylic acids is 1. The first kappa shape index (κ1) is 16.1. The Kier molecular flexibility index (Phi) is 5.66. The lowest BCUT2D eigenvalue weighted by Gasteiger charge is -2.34. The lowest BCUT2D eigenvalue weighted by molar-refractivity contribution is -0.145. The highest BCUT2D eigenvalue weighted by Gasteiger charge is 2.48. The SMILES string of the molecule is CCCCC1(CCCCC(=O)O)C(=O)NC(=O)NC1=O. The highest BCUT2D eigenvalue weighted by Crippen LogP contribution is 2.33. The van der Waals surface area contributed by atoms with Crippen LogP contribution >= 0.6 is 0 Å². The summed E-state index contributed by atoms with van der Waals surface area (Å²) in [5.74, 6) is -2.05. The van der Waals surface area contributed by atoms with Gasteiger partial charge in [0, 0.05) is 6.42 Å². The number of nitrogens with one attached hydrogen (secondary N) is 2. The molecule has 0 spiro atoms. The predicted molar refractivity (Wildman–Crippen MR) is 69.7 cm³/mol. The Labute approximate surface area is 117 Å². The number of rotatable bonds is 8. The van der Waals surface area contributed by atoms with Crippen molar-refractivity contribution in [2.75, 3.05) is 0 Å². The quantitative estimate of drug-likeness (QED) is 0.457. The molecule has 1 aliphatic rings. The van der Waals surface area contributed by atoms with Gasteiger partial charge in [0.1, 0.15) is 5.41 Å². The van der Waals surface area contributed by atoms with Crippen LogP contribution in [-0.2, 0) is 14.4 Å². The lowest BCUT2D eigenvalue weighted by atomic mass is 9.75. The second-order valence-electron chi connectivity index (χ2n) is 5.02. The molecule has 4 amide bonds. The summed E-state index contributed by atoms with van der Waals surface area (Å²) < 4.78 is 0. The minimum Gasteiger partial charge on any atom is -0.481 e. The van der Waals surface area contributed by atoms with E-state index in [-0.39, 0.29) is 12.8 Å². The second-order valence-corrected chi connectivity index (χ2v) is 5.02. The minimum atomic E-state index is -1.25. The lowest BCUT2D eigenvalue weighted by Crippen LogP contribution is -2.62. The average molecular weight is 284 g/mol. The van der Waals surface area contributed by atoms with Crippen LogP contribution in [0.25, 0.3) is 0 Å². The Morgan fingerprint density at radius 1 is 1.05 bits per heavy atom. The molecular weight excluding hydrogens is 264 g/mol. The van der Waals surface area contributed by atoms with E-state index in [4.69, 9.17) is 5.11 Å². The first-order valence-electron chi connectivity index (χ1n) is 6.81. The molecule has 1 aliphatic heterocycles. The molecule has 0 aromatic carbocycles. The van der Waals surface area contributed by atoms with E-state index in [0.29, 0.717) is 25.7 Å². The fourth-order valence-corrected chi connectivity index (χ4v) is 2.34. The van der Waals surface area contributed by atoms with Crippen molar-refractivity contribution >= 4 is 23.8 Å². The predicted octanol–water partition coefficient (Wildman–Crippen LogP) is 1.17. The topological polar surface area (TPSA) is 113 Å². The molecule has 7 nitrogen and oxygen atoms in total. The minimum absolute atomic E-state index is 0.00598. The molecule has 1 rings (SSSR count). The molecule has 0 radical (unpaired) electrons. The summed E-state index contributed by atoms with van der Waals surface area (Å²) in [5, 5.41) is 12.9. The van der Waals surface area contributed by atoms with Gasteiger partial charge in [-0.1, -0.05) is 26.2 Å². The molecule has 7 heteroatoms. The number of barbiturate groups is 1. The number of amides is 4. The molecule has 0 aromatic heterocycles. The van der Waals surface area contributed by atoms with Gasteiger partial charge in [-0.3, -0.25) is 25.0 Å². The summed E-state index contributed by atoms with van der Waals surface area (Å²) in [4.78, 5) is 45.7. The van der Waals surface area contributed by atoms with E-state index in [2.05, 4.69) is 10.6 Å². The van der Waals surface area contributed by atoms with Crippen LogP contribution in [0.1, 0.15) is 51.9 Å². The van der Waals surface area contributed by atoms with Gasteiger partial charge in [0.05, 0.1) is 0 Å². The second kappa shape index (κ2) is 7.02. The van der Waals surface area contributed by atoms with Gasteiger partial charge in [-0.2, -0.15) is 0 Å². The molecule has 1 fully saturated rings. The van der Waals surface area contributed by atoms with E-state index in [1.165, 1.54) is 0 Å². The normalized spacial score (nSPS) is 17.6. The third kappa shape index (κ3) is 3.79. The van der Waals surface area contributed by atoms with Gasteiger partial charge in [0.25, 0.3) is 0 Å². The van der Waals surface area contributed by atoms with Crippen molar-refractivity contribution in [1.82, 2.24) is 10.6 Å². The molecule has 0 aliphatic carbocycles. The van der Waals surface area contributed by atoms with Crippen LogP contribution in [0.2, 0.25) is 0 Å². The van der Waals surface area contributed by atoms with Crippen molar-refractivity contribution in [3.05, 3.63) is 0 Å². The summed E-state index contributed by atoms with van der Waals surface area (Å²) in [6.07, 6.45) is 2.99. The molecule has 1 saturated heterocycles. The molecule has 0 saturated carbocycles. The Morgan fingerprint density at radius 3 is 2.10 bits per heavy atom. The Balaban J connectivity index is 2.74. The largest absolute Gasteiger partial charge is 0.481 e. The van der Waals surface area contributed by atoms with Crippen LogP contribution in [0.4, 0.5) is 4.79 Å². The first-order chi connectivity index (χ1) is 9.42. The number of unbranched alkanes of at least 4 members (excludes halogenated alkanes) is 2. The zero-order valence-corrected chi connectivity index (χ0v) is 11.5. The van der Waals surface area contributed by atoms with Gasteiger partial charge in [0.15, 0.2) is 0 Å². The summed E-state index contributed by atoms with van der Waals surface area (Å²) in [6, 6.07) is -0.794. The fraction of sp³-hybridized carbons (Fsp3) is 0.692. The maximum Gasteiger partial charge on any atom is 0.328 e. The van der Waals surface area contributed by atoms with Crippen LogP contribution in [0.5, 0.6) is 0 Å². The molecule has 0 aromatic rings. The number of hydrogen-bond acceptors (Lipinski definition) is 4. The van der Waals surface area contributed by atoms with Crippen molar-refractivity contribution in [3.63, 3.8) is 0 Å². The van der Waals surface area contributed by atoms with Crippen molar-refractivity contribution in [3.8, 4) is 0 Å². The third-order valence-corrected chi connectivity index (χ3v) is 3.52. The molecule has 20 heavy (non-hydrogen) atoms. The van der Waals surface area contributed by atoms with E-state index in [0.717, 1.165) is 6.42 Å². The average Bonchev–Trinajstić information content (AvgIpc) is 2.36. The number of carboxylic acids is 1. The standard InChI is InChI=1S/C13H20N2O5/c1-2-3-7-13(8-5-4-6-9(16)17)10(18)14-12(20)15-11(13)19/h2-8H2,1H3,(H,16,17)(H2,14,15,18,19,20). The summed E-state index contributed by atoms with van der Waals surface area (Å²) in [6.45, 7) is 1.95. The van der Waals surface area contributed by atoms with E-state index >= 15 is 0 Å². The van der Waals surface area contributed by atoms with Gasteiger partial charge in [-0.05, 0) is 19.3 Å². The number of urea groups is 1. The molecule has 1 heterocycles. The van der Waals surface area contributed by atoms with Gasteiger partial charge in [-0.15, -0.1) is 0 Å². The molecule has 0 unspecified atom stereocenters. The Hall–Kier alpha value is -1.92. The van der Waals surface area contributed by atoms with Crippen molar-refractivity contribution < 1.29 is 24.3 Å². The van der Waals surface area contributed by atoms with Gasteiger partial charge in [-0.25, -0.2) is 4.79 Å². The number of carboxylic acid groups (broad SMARTS) is 1. The van der Waals surface area contributed by atoms with Gasteiger partial charge in [0.2, 0.25) is 11.8 Å². The van der Waals surface area contributed by atoms with Crippen LogP contribution in [-0.4, -0.2) is 28.9 Å². The Bertz CT molecular complexity index is 399. The highest BCUT2D eigenvalue weighted by atomic mass is 16.4. The van der Waals surface area contributed by atoms with Crippen LogP contribution in [0.3, 0.4) is 0 Å². The molecule has 112 valence electrons. The molecular formula is C13H20N2O5. The van der Waals surface area contributed by atoms with E-state index in [9.17, 15) is 19.2 Å². The monoisotopic (exact) mass is 284 g/mol. The number of carbonyl (C=O) groups is 4. The molecule has 0 bridgehead atoms. The maximum atomic E-state index is 12.1. The summed E-state index contributed by atoms with van der Waals surface area (Å²) in [5.41, 5.74) is -1.25. The van der Waals surface area contributed by atoms with Crippen molar-refractivity contribution in [2.24, 2.45) is 5.41 Å². The fourth-order valence-electron chi connectivity index (χ4n) is 2.34. The van der Waals surface area contributed by atoms with E-state index < -0.39 is 29.2 Å². The van der Waals surface area contributed by atoms with E-state index in [1.54, 1.807) is 0 Å². The van der Waals surface area contributed by atoms with Crippen molar-refractivity contribution in [2.45, 2.75) is 51.9 Å². The zero-order valence-electron chi connectivity index (χ0n) is 11.5. The number of carbonyl (C=O) groups excluding carboxylic acids is 3. The van der Waals surface area contributed by atoms with Crippen LogP contribution in [0.15, 0.2) is 0 Å².